The standard InChI is InChI=1S/C9H10N4O3S/c10-8-2-1-4-11-9(8)17(14,15)13-6-7-3-5-12-16-7/h1-5,13H,6,10H2. The Hall–Kier alpha value is -1.93. The number of anilines is 1. The molecule has 8 heteroatoms. The number of nitrogen functional groups attached to an aromatic ring is 1. The van der Waals surface area contributed by atoms with Crippen LogP contribution in [0.1, 0.15) is 5.76 Å². The molecule has 2 aromatic rings. The molecule has 0 saturated carbocycles. The van der Waals surface area contributed by atoms with Gasteiger partial charge in [-0.1, -0.05) is 5.16 Å². The lowest BCUT2D eigenvalue weighted by molar-refractivity contribution is 0.380. The summed E-state index contributed by atoms with van der Waals surface area (Å²) in [6, 6.07) is 4.59. The van der Waals surface area contributed by atoms with Gasteiger partial charge in [0.1, 0.15) is 0 Å². The maximum absolute atomic E-state index is 11.8. The zero-order valence-electron chi connectivity index (χ0n) is 8.70. The molecule has 0 unspecified atom stereocenters. The molecule has 0 saturated heterocycles. The van der Waals surface area contributed by atoms with Crippen molar-refractivity contribution in [2.45, 2.75) is 11.6 Å². The Morgan fingerprint density at radius 2 is 2.18 bits per heavy atom. The van der Waals surface area contributed by atoms with E-state index >= 15 is 0 Å². The van der Waals surface area contributed by atoms with E-state index in [1.165, 1.54) is 18.5 Å². The number of nitrogens with one attached hydrogen (secondary N) is 1. The van der Waals surface area contributed by atoms with Gasteiger partial charge in [0.25, 0.3) is 10.0 Å². The van der Waals surface area contributed by atoms with Gasteiger partial charge >= 0.3 is 0 Å². The van der Waals surface area contributed by atoms with Gasteiger partial charge in [-0.15, -0.1) is 0 Å². The third-order valence-electron chi connectivity index (χ3n) is 1.98. The van der Waals surface area contributed by atoms with Crippen LogP contribution < -0.4 is 10.5 Å². The molecule has 2 aromatic heterocycles. The Labute approximate surface area is 97.7 Å². The molecule has 0 aliphatic rings. The minimum absolute atomic E-state index is 0.00164. The molecular formula is C9H10N4O3S. The second-order valence-corrected chi connectivity index (χ2v) is 4.88. The number of pyridine rings is 1. The zero-order valence-corrected chi connectivity index (χ0v) is 9.52. The summed E-state index contributed by atoms with van der Waals surface area (Å²) >= 11 is 0. The largest absolute Gasteiger partial charge is 0.396 e. The molecule has 0 fully saturated rings. The van der Waals surface area contributed by atoms with Crippen molar-refractivity contribution in [1.29, 1.82) is 0 Å². The molecule has 3 N–H and O–H groups in total. The van der Waals surface area contributed by atoms with Gasteiger partial charge in [0.05, 0.1) is 18.4 Å². The molecule has 0 amide bonds. The molecule has 0 bridgehead atoms. The highest BCUT2D eigenvalue weighted by molar-refractivity contribution is 7.89. The lowest BCUT2D eigenvalue weighted by Gasteiger charge is -2.05. The number of hydrogen-bond donors (Lipinski definition) is 2. The summed E-state index contributed by atoms with van der Waals surface area (Å²) in [5.41, 5.74) is 5.63. The van der Waals surface area contributed by atoms with E-state index in [1.807, 2.05) is 0 Å². The highest BCUT2D eigenvalue weighted by Gasteiger charge is 2.18. The van der Waals surface area contributed by atoms with Gasteiger partial charge < -0.3 is 10.3 Å². The predicted octanol–water partition coefficient (Wildman–Crippen LogP) is 0.130. The summed E-state index contributed by atoms with van der Waals surface area (Å²) in [6.07, 6.45) is 2.79. The molecule has 17 heavy (non-hydrogen) atoms. The third kappa shape index (κ3) is 2.60. The number of hydrogen-bond acceptors (Lipinski definition) is 6. The van der Waals surface area contributed by atoms with Crippen molar-refractivity contribution < 1.29 is 12.9 Å². The Balaban J connectivity index is 2.17. The highest BCUT2D eigenvalue weighted by Crippen LogP contribution is 2.13. The lowest BCUT2D eigenvalue weighted by Crippen LogP contribution is -2.24. The molecule has 0 spiro atoms. The van der Waals surface area contributed by atoms with Gasteiger partial charge in [-0.2, -0.15) is 0 Å². The normalized spacial score (nSPS) is 11.5. The van der Waals surface area contributed by atoms with Gasteiger partial charge in [0.15, 0.2) is 10.8 Å². The highest BCUT2D eigenvalue weighted by atomic mass is 32.2. The van der Waals surface area contributed by atoms with Gasteiger partial charge in [0, 0.05) is 12.3 Å². The molecule has 0 aliphatic carbocycles. The average Bonchev–Trinajstić information content (AvgIpc) is 2.80. The van der Waals surface area contributed by atoms with Crippen LogP contribution in [0.4, 0.5) is 5.69 Å². The monoisotopic (exact) mass is 254 g/mol. The van der Waals surface area contributed by atoms with Crippen molar-refractivity contribution in [3.05, 3.63) is 36.4 Å². The number of sulfonamides is 1. The maximum atomic E-state index is 11.8. The van der Waals surface area contributed by atoms with Crippen LogP contribution in [-0.4, -0.2) is 18.6 Å². The fourth-order valence-electron chi connectivity index (χ4n) is 1.20. The summed E-state index contributed by atoms with van der Waals surface area (Å²) in [7, 11) is -3.74. The lowest BCUT2D eigenvalue weighted by atomic mass is 10.4. The third-order valence-corrected chi connectivity index (χ3v) is 3.36. The Bertz CT molecular complexity index is 594. The first-order valence-corrected chi connectivity index (χ1v) is 6.17. The maximum Gasteiger partial charge on any atom is 0.260 e. The molecule has 0 radical (unpaired) electrons. The van der Waals surface area contributed by atoms with E-state index in [-0.39, 0.29) is 17.3 Å². The fourth-order valence-corrected chi connectivity index (χ4v) is 2.24. The van der Waals surface area contributed by atoms with Gasteiger partial charge in [-0.05, 0) is 12.1 Å². The Morgan fingerprint density at radius 3 is 2.82 bits per heavy atom. The number of nitrogens with two attached hydrogens (primary N) is 1. The van der Waals surface area contributed by atoms with Crippen LogP contribution in [0.15, 0.2) is 40.1 Å². The van der Waals surface area contributed by atoms with Crippen molar-refractivity contribution in [2.24, 2.45) is 0 Å². The van der Waals surface area contributed by atoms with Gasteiger partial charge in [-0.25, -0.2) is 18.1 Å². The predicted molar refractivity (Wildman–Crippen MR) is 59.2 cm³/mol. The molecule has 90 valence electrons. The summed E-state index contributed by atoms with van der Waals surface area (Å²) in [5, 5.41) is 3.27. The van der Waals surface area contributed by atoms with Gasteiger partial charge in [0.2, 0.25) is 0 Å². The molecule has 2 heterocycles. The smallest absolute Gasteiger partial charge is 0.260 e. The van der Waals surface area contributed by atoms with E-state index in [4.69, 9.17) is 10.3 Å². The quantitative estimate of drug-likeness (QED) is 0.802. The fraction of sp³-hybridized carbons (Fsp3) is 0.111. The SMILES string of the molecule is Nc1cccnc1S(=O)(=O)NCc1ccno1. The second-order valence-electron chi connectivity index (χ2n) is 3.20. The minimum atomic E-state index is -3.74. The van der Waals surface area contributed by atoms with Crippen LogP contribution in [0.5, 0.6) is 0 Å². The molecule has 0 aliphatic heterocycles. The van der Waals surface area contributed by atoms with Crippen LogP contribution in [-0.2, 0) is 16.6 Å². The first kappa shape index (κ1) is 11.6. The molecular weight excluding hydrogens is 244 g/mol. The number of rotatable bonds is 4. The summed E-state index contributed by atoms with van der Waals surface area (Å²) in [6.45, 7) is -0.00164. The van der Waals surface area contributed by atoms with Crippen molar-refractivity contribution in [3.63, 3.8) is 0 Å². The van der Waals surface area contributed by atoms with Crippen LogP contribution in [0, 0.1) is 0 Å². The average molecular weight is 254 g/mol. The zero-order chi connectivity index (χ0) is 12.3. The Morgan fingerprint density at radius 1 is 1.35 bits per heavy atom. The summed E-state index contributed by atoms with van der Waals surface area (Å²) in [5.74, 6) is 0.406. The molecule has 7 nitrogen and oxygen atoms in total. The van der Waals surface area contributed by atoms with Crippen molar-refractivity contribution >= 4 is 15.7 Å². The second kappa shape index (κ2) is 4.52. The Kier molecular flexibility index (Phi) is 3.07. The van der Waals surface area contributed by atoms with Crippen LogP contribution >= 0.6 is 0 Å². The van der Waals surface area contributed by atoms with Crippen molar-refractivity contribution in [1.82, 2.24) is 14.9 Å². The van der Waals surface area contributed by atoms with Crippen molar-refractivity contribution in [2.75, 3.05) is 5.73 Å². The van der Waals surface area contributed by atoms with E-state index in [1.54, 1.807) is 12.1 Å². The van der Waals surface area contributed by atoms with Crippen LogP contribution in [0.25, 0.3) is 0 Å². The molecule has 0 aromatic carbocycles. The van der Waals surface area contributed by atoms with Gasteiger partial charge in [-0.3, -0.25) is 0 Å². The van der Waals surface area contributed by atoms with E-state index in [9.17, 15) is 8.42 Å². The van der Waals surface area contributed by atoms with E-state index in [2.05, 4.69) is 14.9 Å². The summed E-state index contributed by atoms with van der Waals surface area (Å²) in [4.78, 5) is 3.73. The summed E-state index contributed by atoms with van der Waals surface area (Å²) < 4.78 is 30.7. The number of nitrogens with zero attached hydrogens (tertiary/aromatic N) is 2. The first-order chi connectivity index (χ1) is 8.09. The van der Waals surface area contributed by atoms with Crippen LogP contribution in [0.3, 0.4) is 0 Å². The van der Waals surface area contributed by atoms with Crippen molar-refractivity contribution in [3.8, 4) is 0 Å². The van der Waals surface area contributed by atoms with E-state index in [0.29, 0.717) is 5.76 Å². The van der Waals surface area contributed by atoms with E-state index < -0.39 is 10.0 Å². The van der Waals surface area contributed by atoms with E-state index in [0.717, 1.165) is 0 Å². The number of aromatic nitrogens is 2. The molecule has 0 atom stereocenters. The molecule has 2 rings (SSSR count). The minimum Gasteiger partial charge on any atom is -0.396 e. The first-order valence-electron chi connectivity index (χ1n) is 4.69. The topological polar surface area (TPSA) is 111 Å². The van der Waals surface area contributed by atoms with Crippen LogP contribution in [0.2, 0.25) is 0 Å².